The van der Waals surface area contributed by atoms with Crippen LogP contribution in [-0.4, -0.2) is 92.7 Å². The highest BCUT2D eigenvalue weighted by atomic mass is 19.4. The van der Waals surface area contributed by atoms with E-state index < -0.39 is 24.2 Å². The quantitative estimate of drug-likeness (QED) is 0.0758. The van der Waals surface area contributed by atoms with E-state index >= 15 is 0 Å². The number of carbonyl (C=O) groups is 4. The maximum atomic E-state index is 12.7. The third-order valence-electron chi connectivity index (χ3n) is 13.0. The molecule has 4 N–H and O–H groups in total. The number of rotatable bonds is 1. The van der Waals surface area contributed by atoms with Gasteiger partial charge in [0.15, 0.2) is 12.6 Å². The van der Waals surface area contributed by atoms with Crippen LogP contribution in [-0.2, 0) is 19.2 Å². The molecule has 2 aromatic heterocycles. The molecular formula is C44H42F6N8O4. The Kier molecular flexibility index (Phi) is 11.4. The van der Waals surface area contributed by atoms with E-state index in [1.165, 1.54) is 25.7 Å². The number of piperidine rings is 2. The summed E-state index contributed by atoms with van der Waals surface area (Å²) in [5, 5.41) is 0. The van der Waals surface area contributed by atoms with Crippen molar-refractivity contribution in [3.8, 4) is 0 Å². The first-order chi connectivity index (χ1) is 29.5. The van der Waals surface area contributed by atoms with Crippen molar-refractivity contribution in [2.45, 2.75) is 86.4 Å². The second-order valence-electron chi connectivity index (χ2n) is 16.7. The number of likely N-dealkylation sites (tertiary alicyclic amines) is 2. The second kappa shape index (κ2) is 16.6. The zero-order valence-corrected chi connectivity index (χ0v) is 33.2. The van der Waals surface area contributed by atoms with Gasteiger partial charge in [0.2, 0.25) is 0 Å². The number of fused-ring (bicyclic) bond motifs is 17. The summed E-state index contributed by atoms with van der Waals surface area (Å²) in [6.45, 7) is 0.414. The van der Waals surface area contributed by atoms with Crippen LogP contribution >= 0.6 is 0 Å². The third kappa shape index (κ3) is 8.25. The van der Waals surface area contributed by atoms with Gasteiger partial charge in [-0.3, -0.25) is 39.1 Å². The van der Waals surface area contributed by atoms with Crippen molar-refractivity contribution in [1.29, 1.82) is 0 Å². The Morgan fingerprint density at radius 3 is 1.06 bits per heavy atom. The van der Waals surface area contributed by atoms with Crippen molar-refractivity contribution >= 4 is 57.8 Å². The number of aldehydes is 2. The average molecular weight is 861 g/mol. The molecule has 18 heteroatoms. The topological polar surface area (TPSA) is 178 Å². The molecule has 3 aromatic carbocycles. The SMILES string of the molecule is Nc1cc2c(cc1N)[C@H]1C[C@@H]2CN(C(=O)C(F)(F)F)C1.O=C(N1C[C@H]2C[C@@H](C1)c1cc3nccnc3cc12)C(F)(F)F.O=CC=O.c1cnc2cc3c(cc2n1)[C@@H]1CCC[C@H]3C1. The predicted molar refractivity (Wildman–Crippen MR) is 216 cm³/mol. The zero-order chi connectivity index (χ0) is 44.1. The summed E-state index contributed by atoms with van der Waals surface area (Å²) in [6, 6.07) is 11.9. The van der Waals surface area contributed by atoms with Crippen molar-refractivity contribution in [2.24, 2.45) is 0 Å². The Labute approximate surface area is 351 Å². The summed E-state index contributed by atoms with van der Waals surface area (Å²) in [5.41, 5.74) is 23.0. The lowest BCUT2D eigenvalue weighted by Gasteiger charge is -2.32. The molecule has 6 aliphatic rings. The van der Waals surface area contributed by atoms with Gasteiger partial charge in [-0.25, -0.2) is 0 Å². The molecular weight excluding hydrogens is 819 g/mol. The number of nitrogen functional groups attached to an aromatic ring is 2. The van der Waals surface area contributed by atoms with E-state index in [4.69, 9.17) is 21.1 Å². The van der Waals surface area contributed by atoms with E-state index in [9.17, 15) is 35.9 Å². The van der Waals surface area contributed by atoms with Gasteiger partial charge in [0.05, 0.1) is 33.4 Å². The van der Waals surface area contributed by atoms with Crippen molar-refractivity contribution in [3.63, 3.8) is 0 Å². The van der Waals surface area contributed by atoms with Gasteiger partial charge in [-0.1, -0.05) is 6.42 Å². The van der Waals surface area contributed by atoms with E-state index in [0.717, 1.165) is 78.8 Å². The number of hydrogen-bond donors (Lipinski definition) is 2. The molecule has 0 unspecified atom stereocenters. The molecule has 62 heavy (non-hydrogen) atoms. The van der Waals surface area contributed by atoms with E-state index in [0.29, 0.717) is 11.4 Å². The molecule has 6 atom stereocenters. The van der Waals surface area contributed by atoms with Crippen LogP contribution in [0.5, 0.6) is 0 Å². The highest BCUT2D eigenvalue weighted by Crippen LogP contribution is 2.52. The highest BCUT2D eigenvalue weighted by molar-refractivity contribution is 6.09. The third-order valence-corrected chi connectivity index (χ3v) is 13.0. The fourth-order valence-corrected chi connectivity index (χ4v) is 10.4. The van der Waals surface area contributed by atoms with Gasteiger partial charge in [-0.05, 0) is 114 Å². The number of anilines is 2. The molecule has 2 saturated heterocycles. The van der Waals surface area contributed by atoms with Gasteiger partial charge in [0.25, 0.3) is 0 Å². The van der Waals surface area contributed by atoms with Crippen molar-refractivity contribution in [2.75, 3.05) is 37.6 Å². The second-order valence-corrected chi connectivity index (χ2v) is 16.7. The molecule has 324 valence electrons. The normalized spacial score (nSPS) is 23.6. The first-order valence-corrected chi connectivity index (χ1v) is 20.3. The molecule has 4 heterocycles. The zero-order valence-electron chi connectivity index (χ0n) is 33.2. The maximum absolute atomic E-state index is 12.7. The minimum Gasteiger partial charge on any atom is -0.397 e. The van der Waals surface area contributed by atoms with Gasteiger partial charge in [0.1, 0.15) is 0 Å². The summed E-state index contributed by atoms with van der Waals surface area (Å²) in [5.74, 6) is -2.16. The molecule has 0 spiro atoms. The molecule has 6 bridgehead atoms. The monoisotopic (exact) mass is 860 g/mol. The van der Waals surface area contributed by atoms with Gasteiger partial charge >= 0.3 is 24.2 Å². The molecule has 5 aromatic rings. The number of carbonyl (C=O) groups excluding carboxylic acids is 4. The molecule has 3 fully saturated rings. The Bertz CT molecular complexity index is 2430. The summed E-state index contributed by atoms with van der Waals surface area (Å²) in [6.07, 6.45) is 4.55. The molecule has 12 nitrogen and oxygen atoms in total. The van der Waals surface area contributed by atoms with Crippen LogP contribution < -0.4 is 11.5 Å². The number of amides is 2. The van der Waals surface area contributed by atoms with Crippen LogP contribution in [0.25, 0.3) is 22.1 Å². The number of benzene rings is 3. The number of nitrogens with two attached hydrogens (primary N) is 2. The molecule has 11 rings (SSSR count). The summed E-state index contributed by atoms with van der Waals surface area (Å²) < 4.78 is 75.6. The van der Waals surface area contributed by atoms with Gasteiger partial charge in [-0.15, -0.1) is 0 Å². The minimum absolute atomic E-state index is 0.0496. The highest BCUT2D eigenvalue weighted by Gasteiger charge is 2.49. The number of hydrogen-bond acceptors (Lipinski definition) is 10. The Morgan fingerprint density at radius 1 is 0.500 bits per heavy atom. The van der Waals surface area contributed by atoms with Gasteiger partial charge < -0.3 is 21.3 Å². The molecule has 2 aliphatic heterocycles. The van der Waals surface area contributed by atoms with Crippen LogP contribution in [0, 0.1) is 0 Å². The summed E-state index contributed by atoms with van der Waals surface area (Å²) in [7, 11) is 0. The van der Waals surface area contributed by atoms with Crippen LogP contribution in [0.3, 0.4) is 0 Å². The Morgan fingerprint density at radius 2 is 0.774 bits per heavy atom. The summed E-state index contributed by atoms with van der Waals surface area (Å²) in [4.78, 5) is 59.6. The number of aromatic nitrogens is 4. The van der Waals surface area contributed by atoms with Crippen LogP contribution in [0.15, 0.2) is 61.2 Å². The summed E-state index contributed by atoms with van der Waals surface area (Å²) >= 11 is 0. The van der Waals surface area contributed by atoms with E-state index in [1.54, 1.807) is 48.0 Å². The predicted octanol–water partition coefficient (Wildman–Crippen LogP) is 7.20. The standard InChI is InChI=1S/C15H12F3N3O.C14H14N2.C13H14F3N3O.C2H2O2/c16-15(17,18)14(22)21-6-8-3-9(7-21)11-5-13-12(4-10(8)11)19-1-2-20-13;1-2-9-6-10(3-1)12-8-14-13(7-11(9)12)15-4-5-16-14;14-13(15,16)12(20)19-4-6-1-7(5-19)9-3-11(18)10(17)2-8(6)9;3-1-2-4/h1-2,4-5,8-9H,3,6-7H2;4-5,7-10H,1-3,6H2;2-3,6-7H,1,4-5,17-18H2;1-2H/t8-,9+;9-,10+;6-,7+;. The van der Waals surface area contributed by atoms with Crippen LogP contribution in [0.2, 0.25) is 0 Å². The lowest BCUT2D eigenvalue weighted by atomic mass is 9.87. The first kappa shape index (κ1) is 42.5. The Balaban J connectivity index is 0.000000124. The van der Waals surface area contributed by atoms with Gasteiger partial charge in [0, 0.05) is 74.6 Å². The van der Waals surface area contributed by atoms with Crippen molar-refractivity contribution in [3.05, 3.63) is 94.6 Å². The number of alkyl halides is 6. The average Bonchev–Trinajstić information content (AvgIpc) is 3.76. The van der Waals surface area contributed by atoms with Crippen molar-refractivity contribution < 1.29 is 45.5 Å². The van der Waals surface area contributed by atoms with Gasteiger partial charge in [-0.2, -0.15) is 26.3 Å². The van der Waals surface area contributed by atoms with E-state index in [2.05, 4.69) is 32.1 Å². The molecule has 0 radical (unpaired) electrons. The maximum Gasteiger partial charge on any atom is 0.471 e. The lowest BCUT2D eigenvalue weighted by Crippen LogP contribution is -2.46. The minimum atomic E-state index is -4.82. The lowest BCUT2D eigenvalue weighted by molar-refractivity contribution is -0.186. The largest absolute Gasteiger partial charge is 0.471 e. The molecule has 1 saturated carbocycles. The Hall–Kier alpha value is -6.20. The first-order valence-electron chi connectivity index (χ1n) is 20.3. The fourth-order valence-electron chi connectivity index (χ4n) is 10.4. The van der Waals surface area contributed by atoms with Crippen molar-refractivity contribution in [1.82, 2.24) is 29.7 Å². The molecule has 4 aliphatic carbocycles. The molecule has 2 amide bonds. The number of halogens is 6. The smallest absolute Gasteiger partial charge is 0.397 e. The van der Waals surface area contributed by atoms with Crippen LogP contribution in [0.1, 0.15) is 107 Å². The fraction of sp³-hybridized carbons (Fsp3) is 0.409. The van der Waals surface area contributed by atoms with E-state index in [-0.39, 0.29) is 62.4 Å². The van der Waals surface area contributed by atoms with E-state index in [1.807, 2.05) is 12.1 Å². The van der Waals surface area contributed by atoms with Crippen LogP contribution in [0.4, 0.5) is 37.7 Å². The number of nitrogens with zero attached hydrogens (tertiary/aromatic N) is 6.